The summed E-state index contributed by atoms with van der Waals surface area (Å²) >= 11 is 0. The Kier molecular flexibility index (Phi) is 6.40. The number of carbonyl (C=O) groups excluding carboxylic acids is 3. The van der Waals surface area contributed by atoms with E-state index in [2.05, 4.69) is 16.0 Å². The lowest BCUT2D eigenvalue weighted by Crippen LogP contribution is -2.27. The third-order valence-electron chi connectivity index (χ3n) is 3.92. The van der Waals surface area contributed by atoms with Crippen LogP contribution in [0.2, 0.25) is 0 Å². The molecule has 8 nitrogen and oxygen atoms in total. The molecule has 0 bridgehead atoms. The Morgan fingerprint density at radius 1 is 0.774 bits per heavy atom. The molecular weight excluding hydrogens is 398 g/mol. The third-order valence-corrected chi connectivity index (χ3v) is 3.92. The fourth-order valence-electron chi connectivity index (χ4n) is 2.60. The van der Waals surface area contributed by atoms with Crippen LogP contribution in [0.15, 0.2) is 71.3 Å². The summed E-state index contributed by atoms with van der Waals surface area (Å²) in [4.78, 5) is 36.5. The summed E-state index contributed by atoms with van der Waals surface area (Å²) in [5.41, 5.74) is 1.29. The summed E-state index contributed by atoms with van der Waals surface area (Å²) in [6.45, 7) is 5.30. The van der Waals surface area contributed by atoms with Crippen molar-refractivity contribution in [1.82, 2.24) is 0 Å². The number of benzene rings is 2. The number of ether oxygens (including phenoxy) is 1. The summed E-state index contributed by atoms with van der Waals surface area (Å²) in [6.07, 6.45) is 0.822. The summed E-state index contributed by atoms with van der Waals surface area (Å²) in [6, 6.07) is 16.4. The van der Waals surface area contributed by atoms with E-state index in [0.29, 0.717) is 22.6 Å². The highest BCUT2D eigenvalue weighted by atomic mass is 16.6. The predicted molar refractivity (Wildman–Crippen MR) is 117 cm³/mol. The van der Waals surface area contributed by atoms with E-state index >= 15 is 0 Å². The minimum absolute atomic E-state index is 0.206. The standard InChI is InChI=1S/C23H23N3O5/c1-23(2,3)31-22(29)26-18-7-4-6-15(14-18)20(27)24-16-9-11-17(12-10-16)25-21(28)19-8-5-13-30-19/h4-14H,1-3H3,(H,24,27)(H,25,28)(H,26,29). The maximum absolute atomic E-state index is 12.6. The van der Waals surface area contributed by atoms with Crippen molar-refractivity contribution in [2.45, 2.75) is 26.4 Å². The van der Waals surface area contributed by atoms with Crippen molar-refractivity contribution in [3.63, 3.8) is 0 Å². The highest BCUT2D eigenvalue weighted by molar-refractivity contribution is 6.05. The summed E-state index contributed by atoms with van der Waals surface area (Å²) in [7, 11) is 0. The van der Waals surface area contributed by atoms with Gasteiger partial charge in [0, 0.05) is 22.6 Å². The van der Waals surface area contributed by atoms with Gasteiger partial charge in [-0.25, -0.2) is 4.79 Å². The highest BCUT2D eigenvalue weighted by Crippen LogP contribution is 2.18. The summed E-state index contributed by atoms with van der Waals surface area (Å²) < 4.78 is 10.3. The van der Waals surface area contributed by atoms with E-state index in [1.807, 2.05) is 0 Å². The average molecular weight is 421 g/mol. The monoisotopic (exact) mass is 421 g/mol. The van der Waals surface area contributed by atoms with E-state index in [-0.39, 0.29) is 17.6 Å². The van der Waals surface area contributed by atoms with Crippen LogP contribution >= 0.6 is 0 Å². The third kappa shape index (κ3) is 6.46. The van der Waals surface area contributed by atoms with Gasteiger partial charge >= 0.3 is 6.09 Å². The second-order valence-corrected chi connectivity index (χ2v) is 7.67. The van der Waals surface area contributed by atoms with Crippen LogP contribution in [-0.2, 0) is 4.74 Å². The van der Waals surface area contributed by atoms with Crippen LogP contribution < -0.4 is 16.0 Å². The topological polar surface area (TPSA) is 110 Å². The molecule has 1 aromatic heterocycles. The van der Waals surface area contributed by atoms with Crippen molar-refractivity contribution in [3.8, 4) is 0 Å². The molecule has 0 fully saturated rings. The van der Waals surface area contributed by atoms with Crippen molar-refractivity contribution in [1.29, 1.82) is 0 Å². The molecule has 0 aliphatic rings. The maximum atomic E-state index is 12.6. The Bertz CT molecular complexity index is 1070. The molecule has 3 N–H and O–H groups in total. The Hall–Kier alpha value is -4.07. The van der Waals surface area contributed by atoms with Gasteiger partial charge in [0.15, 0.2) is 5.76 Å². The van der Waals surface area contributed by atoms with Gasteiger partial charge in [0.25, 0.3) is 11.8 Å². The molecule has 2 aromatic carbocycles. The molecule has 0 aliphatic heterocycles. The van der Waals surface area contributed by atoms with Crippen LogP contribution in [0, 0.1) is 0 Å². The Labute approximate surface area is 179 Å². The van der Waals surface area contributed by atoms with E-state index in [9.17, 15) is 14.4 Å². The molecule has 0 spiro atoms. The molecular formula is C23H23N3O5. The molecule has 0 radical (unpaired) electrons. The molecule has 3 rings (SSSR count). The van der Waals surface area contributed by atoms with E-state index in [0.717, 1.165) is 0 Å². The average Bonchev–Trinajstić information content (AvgIpc) is 3.23. The number of carbonyl (C=O) groups is 3. The number of hydrogen-bond acceptors (Lipinski definition) is 5. The van der Waals surface area contributed by atoms with E-state index in [1.54, 1.807) is 81.4 Å². The molecule has 0 unspecified atom stereocenters. The van der Waals surface area contributed by atoms with E-state index < -0.39 is 11.7 Å². The van der Waals surface area contributed by atoms with Crippen LogP contribution in [0.5, 0.6) is 0 Å². The molecule has 3 amide bonds. The minimum atomic E-state index is -0.622. The lowest BCUT2D eigenvalue weighted by atomic mass is 10.1. The first kappa shape index (κ1) is 21.6. The van der Waals surface area contributed by atoms with Crippen molar-refractivity contribution >= 4 is 35.0 Å². The zero-order valence-electron chi connectivity index (χ0n) is 17.4. The van der Waals surface area contributed by atoms with Crippen molar-refractivity contribution < 1.29 is 23.5 Å². The van der Waals surface area contributed by atoms with E-state index in [4.69, 9.17) is 9.15 Å². The SMILES string of the molecule is CC(C)(C)OC(=O)Nc1cccc(C(=O)Nc2ccc(NC(=O)c3ccco3)cc2)c1. The number of nitrogens with one attached hydrogen (secondary N) is 3. The van der Waals surface area contributed by atoms with Gasteiger partial charge in [-0.2, -0.15) is 0 Å². The van der Waals surface area contributed by atoms with Gasteiger partial charge in [-0.3, -0.25) is 14.9 Å². The highest BCUT2D eigenvalue weighted by Gasteiger charge is 2.17. The van der Waals surface area contributed by atoms with Gasteiger partial charge in [0.2, 0.25) is 0 Å². The normalized spacial score (nSPS) is 10.8. The van der Waals surface area contributed by atoms with Gasteiger partial charge in [0.1, 0.15) is 5.60 Å². The molecule has 8 heteroatoms. The summed E-state index contributed by atoms with van der Waals surface area (Å²) in [5.74, 6) is -0.506. The Morgan fingerprint density at radius 2 is 1.42 bits per heavy atom. The lowest BCUT2D eigenvalue weighted by molar-refractivity contribution is 0.0635. The van der Waals surface area contributed by atoms with Crippen LogP contribution in [0.25, 0.3) is 0 Å². The Balaban J connectivity index is 1.60. The lowest BCUT2D eigenvalue weighted by Gasteiger charge is -2.19. The van der Waals surface area contributed by atoms with Crippen LogP contribution in [0.4, 0.5) is 21.9 Å². The largest absolute Gasteiger partial charge is 0.459 e. The number of amides is 3. The molecule has 0 aliphatic carbocycles. The van der Waals surface area contributed by atoms with Gasteiger partial charge in [0.05, 0.1) is 6.26 Å². The second kappa shape index (κ2) is 9.17. The molecule has 0 saturated heterocycles. The maximum Gasteiger partial charge on any atom is 0.412 e. The fraction of sp³-hybridized carbons (Fsp3) is 0.174. The van der Waals surface area contributed by atoms with Crippen LogP contribution in [-0.4, -0.2) is 23.5 Å². The number of rotatable bonds is 5. The fourth-order valence-corrected chi connectivity index (χ4v) is 2.60. The first-order chi connectivity index (χ1) is 14.7. The quantitative estimate of drug-likeness (QED) is 0.529. The molecule has 3 aromatic rings. The van der Waals surface area contributed by atoms with E-state index in [1.165, 1.54) is 6.26 Å². The van der Waals surface area contributed by atoms with Gasteiger partial charge in [-0.05, 0) is 75.4 Å². The van der Waals surface area contributed by atoms with Gasteiger partial charge in [-0.15, -0.1) is 0 Å². The van der Waals surface area contributed by atoms with Crippen molar-refractivity contribution in [2.75, 3.05) is 16.0 Å². The van der Waals surface area contributed by atoms with Crippen LogP contribution in [0.3, 0.4) is 0 Å². The molecule has 1 heterocycles. The minimum Gasteiger partial charge on any atom is -0.459 e. The molecule has 31 heavy (non-hydrogen) atoms. The molecule has 0 atom stereocenters. The van der Waals surface area contributed by atoms with Crippen LogP contribution in [0.1, 0.15) is 41.7 Å². The summed E-state index contributed by atoms with van der Waals surface area (Å²) in [5, 5.41) is 8.08. The number of anilines is 3. The van der Waals surface area contributed by atoms with Gasteiger partial charge < -0.3 is 19.8 Å². The molecule has 0 saturated carbocycles. The first-order valence-corrected chi connectivity index (χ1v) is 9.56. The predicted octanol–water partition coefficient (Wildman–Crippen LogP) is 5.13. The van der Waals surface area contributed by atoms with Gasteiger partial charge in [-0.1, -0.05) is 6.07 Å². The zero-order chi connectivity index (χ0) is 22.4. The second-order valence-electron chi connectivity index (χ2n) is 7.67. The zero-order valence-corrected chi connectivity index (χ0v) is 17.4. The molecule has 160 valence electrons. The smallest absolute Gasteiger partial charge is 0.412 e. The van der Waals surface area contributed by atoms with Crippen molar-refractivity contribution in [2.24, 2.45) is 0 Å². The Morgan fingerprint density at radius 3 is 2.00 bits per heavy atom. The number of hydrogen-bond donors (Lipinski definition) is 3. The first-order valence-electron chi connectivity index (χ1n) is 9.56. The van der Waals surface area contributed by atoms with Crippen molar-refractivity contribution in [3.05, 3.63) is 78.3 Å². The number of furan rings is 1.